The molecule has 3 rings (SSSR count). The fourth-order valence-electron chi connectivity index (χ4n) is 1.87. The summed E-state index contributed by atoms with van der Waals surface area (Å²) in [6.45, 7) is 2.19. The van der Waals surface area contributed by atoms with Crippen LogP contribution in [0, 0.1) is 6.92 Å². The van der Waals surface area contributed by atoms with Crippen molar-refractivity contribution in [2.24, 2.45) is 0 Å². The molecule has 3 aromatic heterocycles. The van der Waals surface area contributed by atoms with E-state index in [9.17, 15) is 4.79 Å². The molecular formula is C12H13N7O. The molecule has 0 spiro atoms. The van der Waals surface area contributed by atoms with Gasteiger partial charge in [-0.05, 0) is 19.1 Å². The van der Waals surface area contributed by atoms with Crippen molar-refractivity contribution in [1.82, 2.24) is 35.1 Å². The van der Waals surface area contributed by atoms with Crippen LogP contribution in [0.1, 0.15) is 22.3 Å². The fraction of sp³-hybridized carbons (Fsp3) is 0.250. The summed E-state index contributed by atoms with van der Waals surface area (Å²) in [6.07, 6.45) is 2.48. The predicted molar refractivity (Wildman–Crippen MR) is 70.1 cm³/mol. The lowest BCUT2D eigenvalue weighted by Crippen LogP contribution is -2.27. The quantitative estimate of drug-likeness (QED) is 0.702. The Morgan fingerprint density at radius 2 is 2.30 bits per heavy atom. The summed E-state index contributed by atoms with van der Waals surface area (Å²) in [5.74, 6) is 1.25. The van der Waals surface area contributed by atoms with E-state index in [1.54, 1.807) is 6.92 Å². The van der Waals surface area contributed by atoms with Crippen LogP contribution >= 0.6 is 0 Å². The number of carbonyl (C=O) groups is 1. The zero-order valence-corrected chi connectivity index (χ0v) is 10.9. The van der Waals surface area contributed by atoms with Crippen LogP contribution in [-0.4, -0.2) is 42.2 Å². The number of fused-ring (bicyclic) bond motifs is 1. The van der Waals surface area contributed by atoms with Gasteiger partial charge in [0.05, 0.1) is 0 Å². The molecule has 2 N–H and O–H groups in total. The first-order chi connectivity index (χ1) is 9.74. The van der Waals surface area contributed by atoms with Crippen LogP contribution in [0.5, 0.6) is 0 Å². The summed E-state index contributed by atoms with van der Waals surface area (Å²) in [6, 6.07) is 5.70. The number of hydrogen-bond donors (Lipinski definition) is 2. The van der Waals surface area contributed by atoms with Crippen LogP contribution in [-0.2, 0) is 6.42 Å². The number of hydrogen-bond acceptors (Lipinski definition) is 5. The first-order valence-corrected chi connectivity index (χ1v) is 6.20. The third-order valence-electron chi connectivity index (χ3n) is 2.82. The molecule has 0 atom stereocenters. The summed E-state index contributed by atoms with van der Waals surface area (Å²) in [7, 11) is 0. The highest BCUT2D eigenvalue weighted by Gasteiger charge is 2.11. The molecule has 8 heteroatoms. The van der Waals surface area contributed by atoms with E-state index in [0.717, 1.165) is 11.5 Å². The second-order valence-corrected chi connectivity index (χ2v) is 4.30. The van der Waals surface area contributed by atoms with Gasteiger partial charge in [0, 0.05) is 19.2 Å². The summed E-state index contributed by atoms with van der Waals surface area (Å²) in [5, 5.41) is 17.3. The number of amides is 1. The smallest absolute Gasteiger partial charge is 0.290 e. The van der Waals surface area contributed by atoms with E-state index in [1.807, 2.05) is 28.8 Å². The minimum atomic E-state index is -0.303. The van der Waals surface area contributed by atoms with Gasteiger partial charge in [-0.2, -0.15) is 0 Å². The molecule has 0 saturated carbocycles. The van der Waals surface area contributed by atoms with Crippen molar-refractivity contribution in [3.05, 3.63) is 41.9 Å². The first-order valence-electron chi connectivity index (χ1n) is 6.20. The lowest BCUT2D eigenvalue weighted by atomic mass is 10.3. The Kier molecular flexibility index (Phi) is 3.12. The second-order valence-electron chi connectivity index (χ2n) is 4.30. The Morgan fingerprint density at radius 1 is 1.40 bits per heavy atom. The van der Waals surface area contributed by atoms with Gasteiger partial charge in [-0.1, -0.05) is 6.07 Å². The molecular weight excluding hydrogens is 258 g/mol. The van der Waals surface area contributed by atoms with Crippen molar-refractivity contribution >= 4 is 11.6 Å². The topological polar surface area (TPSA) is 101 Å². The van der Waals surface area contributed by atoms with Gasteiger partial charge in [-0.25, -0.2) is 4.98 Å². The number of H-pyrrole nitrogens is 1. The largest absolute Gasteiger partial charge is 0.349 e. The first kappa shape index (κ1) is 12.3. The van der Waals surface area contributed by atoms with E-state index >= 15 is 0 Å². The average molecular weight is 271 g/mol. The maximum atomic E-state index is 11.8. The molecule has 0 aromatic carbocycles. The summed E-state index contributed by atoms with van der Waals surface area (Å²) in [4.78, 5) is 15.7. The van der Waals surface area contributed by atoms with Crippen molar-refractivity contribution in [2.75, 3.05) is 6.54 Å². The highest BCUT2D eigenvalue weighted by Crippen LogP contribution is 2.02. The van der Waals surface area contributed by atoms with E-state index in [1.165, 1.54) is 0 Å². The summed E-state index contributed by atoms with van der Waals surface area (Å²) in [5.41, 5.74) is 0.790. The number of nitrogens with zero attached hydrogens (tertiary/aromatic N) is 5. The average Bonchev–Trinajstić information content (AvgIpc) is 3.06. The molecule has 0 aliphatic heterocycles. The molecule has 0 unspecified atom stereocenters. The van der Waals surface area contributed by atoms with Gasteiger partial charge in [-0.15, -0.1) is 15.3 Å². The Balaban J connectivity index is 1.61. The maximum Gasteiger partial charge on any atom is 0.290 e. The van der Waals surface area contributed by atoms with Crippen LogP contribution < -0.4 is 5.32 Å². The number of pyridine rings is 1. The summed E-state index contributed by atoms with van der Waals surface area (Å²) >= 11 is 0. The van der Waals surface area contributed by atoms with Gasteiger partial charge in [0.1, 0.15) is 11.6 Å². The van der Waals surface area contributed by atoms with Gasteiger partial charge in [0.2, 0.25) is 5.82 Å². The van der Waals surface area contributed by atoms with Gasteiger partial charge in [-0.3, -0.25) is 14.3 Å². The summed E-state index contributed by atoms with van der Waals surface area (Å²) < 4.78 is 1.89. The Hall–Kier alpha value is -2.77. The molecule has 3 heterocycles. The molecule has 0 saturated heterocycles. The number of nitrogens with one attached hydrogen (secondary N) is 2. The van der Waals surface area contributed by atoms with E-state index in [-0.39, 0.29) is 11.7 Å². The number of carbonyl (C=O) groups excluding carboxylic acids is 1. The molecule has 102 valence electrons. The molecule has 0 bridgehead atoms. The minimum Gasteiger partial charge on any atom is -0.349 e. The third kappa shape index (κ3) is 2.35. The monoisotopic (exact) mass is 271 g/mol. The molecule has 3 aromatic rings. The number of aromatic nitrogens is 6. The van der Waals surface area contributed by atoms with Crippen molar-refractivity contribution in [1.29, 1.82) is 0 Å². The van der Waals surface area contributed by atoms with Crippen molar-refractivity contribution in [3.63, 3.8) is 0 Å². The predicted octanol–water partition coefficient (Wildman–Crippen LogP) is 0.128. The van der Waals surface area contributed by atoms with Crippen LogP contribution in [0.2, 0.25) is 0 Å². The molecule has 0 fully saturated rings. The Morgan fingerprint density at radius 3 is 3.10 bits per heavy atom. The van der Waals surface area contributed by atoms with Gasteiger partial charge in [0.15, 0.2) is 5.65 Å². The number of aromatic amines is 1. The highest BCUT2D eigenvalue weighted by molar-refractivity contribution is 5.90. The van der Waals surface area contributed by atoms with Gasteiger partial charge >= 0.3 is 0 Å². The standard InChI is InChI=1S/C12H13N7O/c1-8-14-11(18-15-8)12(20)13-6-5-10-17-16-9-4-2-3-7-19(9)10/h2-4,7H,5-6H2,1H3,(H,13,20)(H,14,15,18). The molecule has 8 nitrogen and oxygen atoms in total. The van der Waals surface area contributed by atoms with Crippen molar-refractivity contribution < 1.29 is 4.79 Å². The van der Waals surface area contributed by atoms with E-state index in [4.69, 9.17) is 0 Å². The Labute approximate surface area is 114 Å². The van der Waals surface area contributed by atoms with Gasteiger partial charge in [0.25, 0.3) is 5.91 Å². The molecule has 1 amide bonds. The zero-order valence-electron chi connectivity index (χ0n) is 10.9. The lowest BCUT2D eigenvalue weighted by molar-refractivity contribution is 0.0944. The molecule has 0 aliphatic carbocycles. The lowest BCUT2D eigenvalue weighted by Gasteiger charge is -2.01. The van der Waals surface area contributed by atoms with Crippen LogP contribution in [0.4, 0.5) is 0 Å². The van der Waals surface area contributed by atoms with E-state index in [2.05, 4.69) is 30.7 Å². The van der Waals surface area contributed by atoms with E-state index < -0.39 is 0 Å². The number of aryl methyl sites for hydroxylation is 1. The normalized spacial score (nSPS) is 10.8. The zero-order chi connectivity index (χ0) is 13.9. The van der Waals surface area contributed by atoms with Crippen LogP contribution in [0.15, 0.2) is 24.4 Å². The minimum absolute atomic E-state index is 0.147. The fourth-order valence-corrected chi connectivity index (χ4v) is 1.87. The van der Waals surface area contributed by atoms with Crippen LogP contribution in [0.25, 0.3) is 5.65 Å². The molecule has 20 heavy (non-hydrogen) atoms. The maximum absolute atomic E-state index is 11.8. The van der Waals surface area contributed by atoms with Crippen LogP contribution in [0.3, 0.4) is 0 Å². The molecule has 0 radical (unpaired) electrons. The van der Waals surface area contributed by atoms with Crippen molar-refractivity contribution in [3.8, 4) is 0 Å². The SMILES string of the molecule is Cc1nc(C(=O)NCCc2nnc3ccccn23)n[nH]1. The van der Waals surface area contributed by atoms with E-state index in [0.29, 0.717) is 18.8 Å². The molecule has 0 aliphatic rings. The van der Waals surface area contributed by atoms with Gasteiger partial charge < -0.3 is 5.32 Å². The number of rotatable bonds is 4. The highest BCUT2D eigenvalue weighted by atomic mass is 16.2. The Bertz CT molecular complexity index is 745. The second kappa shape index (κ2) is 5.08. The van der Waals surface area contributed by atoms with Crippen molar-refractivity contribution in [2.45, 2.75) is 13.3 Å². The third-order valence-corrected chi connectivity index (χ3v) is 2.82.